The van der Waals surface area contributed by atoms with Gasteiger partial charge in [-0.15, -0.1) is 0 Å². The minimum absolute atomic E-state index is 0.0571. The molecule has 174 valence electrons. The number of fused-ring (bicyclic) bond motifs is 1. The molecule has 7 nitrogen and oxygen atoms in total. The lowest BCUT2D eigenvalue weighted by Gasteiger charge is -2.24. The van der Waals surface area contributed by atoms with Crippen LogP contribution in [0.15, 0.2) is 79.4 Å². The molecule has 4 aromatic rings. The summed E-state index contributed by atoms with van der Waals surface area (Å²) in [6.45, 7) is 5.79. The molecule has 1 aromatic heterocycles. The quantitative estimate of drug-likeness (QED) is 0.421. The maximum atomic E-state index is 13.1. The van der Waals surface area contributed by atoms with E-state index in [2.05, 4.69) is 20.7 Å². The Morgan fingerprint density at radius 2 is 1.65 bits per heavy atom. The van der Waals surface area contributed by atoms with Gasteiger partial charge in [-0.1, -0.05) is 68.4 Å². The number of hydrogen-bond acceptors (Lipinski definition) is 4. The fourth-order valence-electron chi connectivity index (χ4n) is 4.02. The molecule has 0 aliphatic carbocycles. The average molecular weight is 456 g/mol. The van der Waals surface area contributed by atoms with Gasteiger partial charge in [0.25, 0.3) is 0 Å². The van der Waals surface area contributed by atoms with Gasteiger partial charge < -0.3 is 10.6 Å². The summed E-state index contributed by atoms with van der Waals surface area (Å²) in [6, 6.07) is 20.8. The van der Waals surface area contributed by atoms with Crippen molar-refractivity contribution in [3.8, 4) is 5.69 Å². The van der Waals surface area contributed by atoms with E-state index in [0.717, 1.165) is 27.6 Å². The number of aromatic nitrogens is 3. The third-order valence-electron chi connectivity index (χ3n) is 5.93. The molecule has 2 N–H and O–H groups in total. The molecule has 0 saturated heterocycles. The van der Waals surface area contributed by atoms with Crippen LogP contribution in [0.3, 0.4) is 0 Å². The predicted molar refractivity (Wildman–Crippen MR) is 132 cm³/mol. The summed E-state index contributed by atoms with van der Waals surface area (Å²) in [7, 11) is 0. The third-order valence-corrected chi connectivity index (χ3v) is 5.93. The molecule has 4 rings (SSSR count). The van der Waals surface area contributed by atoms with Crippen LogP contribution < -0.4 is 10.6 Å². The fourth-order valence-corrected chi connectivity index (χ4v) is 4.02. The summed E-state index contributed by atoms with van der Waals surface area (Å²) in [4.78, 5) is 29.9. The highest BCUT2D eigenvalue weighted by Gasteiger charge is 2.25. The second-order valence-corrected chi connectivity index (χ2v) is 8.77. The Kier molecular flexibility index (Phi) is 7.01. The topological polar surface area (TPSA) is 88.9 Å². The Bertz CT molecular complexity index is 1260. The zero-order valence-corrected chi connectivity index (χ0v) is 19.6. The number of nitrogens with zero attached hydrogens (tertiary/aromatic N) is 3. The first-order valence-corrected chi connectivity index (χ1v) is 11.4. The van der Waals surface area contributed by atoms with Crippen molar-refractivity contribution in [2.24, 2.45) is 5.92 Å². The molecule has 0 saturated carbocycles. The van der Waals surface area contributed by atoms with Crippen LogP contribution in [-0.2, 0) is 16.0 Å². The van der Waals surface area contributed by atoms with Crippen LogP contribution in [-0.4, -0.2) is 32.6 Å². The van der Waals surface area contributed by atoms with Crippen LogP contribution in [0.25, 0.3) is 16.5 Å². The number of benzene rings is 3. The second kappa shape index (κ2) is 10.3. The molecule has 0 bridgehead atoms. The van der Waals surface area contributed by atoms with Crippen LogP contribution in [0.5, 0.6) is 0 Å². The van der Waals surface area contributed by atoms with E-state index in [9.17, 15) is 9.59 Å². The van der Waals surface area contributed by atoms with E-state index < -0.39 is 6.04 Å². The summed E-state index contributed by atoms with van der Waals surface area (Å²) in [6.07, 6.45) is 3.34. The molecule has 0 aliphatic heterocycles. The van der Waals surface area contributed by atoms with Crippen molar-refractivity contribution >= 4 is 22.6 Å². The Morgan fingerprint density at radius 1 is 0.912 bits per heavy atom. The largest absolute Gasteiger partial charge is 0.348 e. The van der Waals surface area contributed by atoms with Gasteiger partial charge in [-0.05, 0) is 46.9 Å². The molecule has 3 aromatic carbocycles. The highest BCUT2D eigenvalue weighted by Crippen LogP contribution is 2.19. The fraction of sp³-hybridized carbons (Fsp3) is 0.259. The van der Waals surface area contributed by atoms with Crippen LogP contribution in [0.1, 0.15) is 37.9 Å². The molecule has 0 spiro atoms. The normalized spacial score (nSPS) is 12.9. The van der Waals surface area contributed by atoms with E-state index in [-0.39, 0.29) is 30.2 Å². The van der Waals surface area contributed by atoms with Crippen molar-refractivity contribution in [1.82, 2.24) is 25.4 Å². The highest BCUT2D eigenvalue weighted by molar-refractivity contribution is 5.92. The van der Waals surface area contributed by atoms with Crippen LogP contribution in [0.2, 0.25) is 0 Å². The van der Waals surface area contributed by atoms with E-state index in [1.54, 1.807) is 11.0 Å². The lowest BCUT2D eigenvalue weighted by Crippen LogP contribution is -2.50. The van der Waals surface area contributed by atoms with Gasteiger partial charge >= 0.3 is 0 Å². The van der Waals surface area contributed by atoms with Gasteiger partial charge in [0.05, 0.1) is 18.2 Å². The first kappa shape index (κ1) is 23.2. The third kappa shape index (κ3) is 5.31. The predicted octanol–water partition coefficient (Wildman–Crippen LogP) is 3.98. The molecule has 1 heterocycles. The SMILES string of the molecule is CC(C)[C@H](NC(=O)Cc1cccc2ccccc12)C(=O)N[C@H](C)c1ccc(-n2cncn2)cc1. The molecule has 0 radical (unpaired) electrons. The Morgan fingerprint density at radius 3 is 2.35 bits per heavy atom. The average Bonchev–Trinajstić information content (AvgIpc) is 3.38. The number of hydrogen-bond donors (Lipinski definition) is 2. The van der Waals surface area contributed by atoms with Crippen molar-refractivity contribution in [2.45, 2.75) is 39.3 Å². The zero-order chi connectivity index (χ0) is 24.1. The molecule has 0 fully saturated rings. The van der Waals surface area contributed by atoms with Crippen LogP contribution >= 0.6 is 0 Å². The summed E-state index contributed by atoms with van der Waals surface area (Å²) in [5.74, 6) is -0.428. The van der Waals surface area contributed by atoms with Gasteiger partial charge in [0.1, 0.15) is 18.7 Å². The standard InChI is InChI=1S/C27H29N5O2/c1-18(2)26(31-25(33)15-22-9-6-8-21-7-4-5-10-24(21)22)27(34)30-19(3)20-11-13-23(14-12-20)32-17-28-16-29-32/h4-14,16-19,26H,15H2,1-3H3,(H,30,34)(H,31,33)/t19-,26+/m1/s1. The van der Waals surface area contributed by atoms with Crippen molar-refractivity contribution in [3.05, 3.63) is 90.5 Å². The van der Waals surface area contributed by atoms with Gasteiger partial charge in [-0.3, -0.25) is 9.59 Å². The highest BCUT2D eigenvalue weighted by atomic mass is 16.2. The summed E-state index contributed by atoms with van der Waals surface area (Å²) < 4.78 is 1.67. The Labute approximate surface area is 199 Å². The van der Waals surface area contributed by atoms with Gasteiger partial charge in [-0.2, -0.15) is 5.10 Å². The molecule has 7 heteroatoms. The summed E-state index contributed by atoms with van der Waals surface area (Å²) >= 11 is 0. The molecule has 34 heavy (non-hydrogen) atoms. The minimum Gasteiger partial charge on any atom is -0.348 e. The van der Waals surface area contributed by atoms with Gasteiger partial charge in [0, 0.05) is 0 Å². The number of nitrogens with one attached hydrogen (secondary N) is 2. The Hall–Kier alpha value is -4.00. The lowest BCUT2D eigenvalue weighted by atomic mass is 9.99. The molecular weight excluding hydrogens is 426 g/mol. The van der Waals surface area contributed by atoms with Crippen molar-refractivity contribution in [1.29, 1.82) is 0 Å². The first-order chi connectivity index (χ1) is 16.4. The van der Waals surface area contributed by atoms with Crippen molar-refractivity contribution < 1.29 is 9.59 Å². The van der Waals surface area contributed by atoms with E-state index >= 15 is 0 Å². The van der Waals surface area contributed by atoms with E-state index in [4.69, 9.17) is 0 Å². The number of amides is 2. The van der Waals surface area contributed by atoms with Gasteiger partial charge in [-0.25, -0.2) is 9.67 Å². The van der Waals surface area contributed by atoms with E-state index in [1.165, 1.54) is 6.33 Å². The number of carbonyl (C=O) groups excluding carboxylic acids is 2. The molecule has 2 amide bonds. The monoisotopic (exact) mass is 455 g/mol. The van der Waals surface area contributed by atoms with Gasteiger partial charge in [0.15, 0.2) is 0 Å². The maximum absolute atomic E-state index is 13.1. The number of rotatable bonds is 8. The van der Waals surface area contributed by atoms with E-state index in [0.29, 0.717) is 0 Å². The molecular formula is C27H29N5O2. The van der Waals surface area contributed by atoms with Crippen molar-refractivity contribution in [2.75, 3.05) is 0 Å². The smallest absolute Gasteiger partial charge is 0.243 e. The molecule has 0 unspecified atom stereocenters. The summed E-state index contributed by atoms with van der Waals surface area (Å²) in [5, 5.41) is 12.3. The first-order valence-electron chi connectivity index (χ1n) is 11.4. The zero-order valence-electron chi connectivity index (χ0n) is 19.6. The Balaban J connectivity index is 1.40. The van der Waals surface area contributed by atoms with Crippen LogP contribution in [0, 0.1) is 5.92 Å². The summed E-state index contributed by atoms with van der Waals surface area (Å²) in [5.41, 5.74) is 2.79. The van der Waals surface area contributed by atoms with Gasteiger partial charge in [0.2, 0.25) is 11.8 Å². The minimum atomic E-state index is -0.626. The number of carbonyl (C=O) groups is 2. The van der Waals surface area contributed by atoms with E-state index in [1.807, 2.05) is 87.5 Å². The molecule has 0 aliphatic rings. The lowest BCUT2D eigenvalue weighted by molar-refractivity contribution is -0.130. The maximum Gasteiger partial charge on any atom is 0.243 e. The van der Waals surface area contributed by atoms with Crippen LogP contribution in [0.4, 0.5) is 0 Å². The second-order valence-electron chi connectivity index (χ2n) is 8.77. The van der Waals surface area contributed by atoms with Crippen molar-refractivity contribution in [3.63, 3.8) is 0 Å². The molecule has 2 atom stereocenters.